The van der Waals surface area contributed by atoms with Crippen molar-refractivity contribution in [1.29, 1.82) is 0 Å². The van der Waals surface area contributed by atoms with E-state index in [9.17, 15) is 13.2 Å². The van der Waals surface area contributed by atoms with Crippen LogP contribution in [-0.2, 0) is 20.2 Å². The molecule has 0 unspecified atom stereocenters. The second kappa shape index (κ2) is 9.48. The molecular weight excluding hydrogens is 504 g/mol. The quantitative estimate of drug-likeness (QED) is 0.369. The van der Waals surface area contributed by atoms with Crippen molar-refractivity contribution in [3.63, 3.8) is 0 Å². The SMILES string of the molecule is O=C(CN(c1ccc(Cl)cc1)S(=O)(=O)c1ccccc1)Nc1ccc(C23CC4CC(CC(C4)C2)C3)cc1. The van der Waals surface area contributed by atoms with Crippen LogP contribution in [0.3, 0.4) is 0 Å². The molecule has 0 saturated heterocycles. The molecule has 4 aliphatic rings. The zero-order chi connectivity index (χ0) is 25.6. The van der Waals surface area contributed by atoms with Crippen LogP contribution in [0, 0.1) is 17.8 Å². The number of rotatable bonds is 7. The number of hydrogen-bond donors (Lipinski definition) is 1. The van der Waals surface area contributed by atoms with Gasteiger partial charge in [-0.3, -0.25) is 9.10 Å². The van der Waals surface area contributed by atoms with Gasteiger partial charge in [-0.2, -0.15) is 0 Å². The van der Waals surface area contributed by atoms with E-state index in [0.717, 1.165) is 22.1 Å². The van der Waals surface area contributed by atoms with Gasteiger partial charge in [0.25, 0.3) is 10.0 Å². The lowest BCUT2D eigenvalue weighted by atomic mass is 9.48. The van der Waals surface area contributed by atoms with Gasteiger partial charge in [-0.25, -0.2) is 8.42 Å². The summed E-state index contributed by atoms with van der Waals surface area (Å²) in [6.45, 7) is -0.352. The Kier molecular flexibility index (Phi) is 6.28. The minimum atomic E-state index is -3.96. The van der Waals surface area contributed by atoms with Crippen LogP contribution in [0.1, 0.15) is 44.1 Å². The van der Waals surface area contributed by atoms with Gasteiger partial charge in [0.2, 0.25) is 5.91 Å². The summed E-state index contributed by atoms with van der Waals surface area (Å²) in [6, 6.07) is 22.8. The number of benzene rings is 3. The number of nitrogens with one attached hydrogen (secondary N) is 1. The third kappa shape index (κ3) is 4.77. The van der Waals surface area contributed by atoms with E-state index in [1.54, 1.807) is 42.5 Å². The van der Waals surface area contributed by atoms with Crippen molar-refractivity contribution < 1.29 is 13.2 Å². The molecule has 5 nitrogen and oxygen atoms in total. The third-order valence-electron chi connectivity index (χ3n) is 8.55. The molecule has 3 aromatic carbocycles. The molecule has 4 fully saturated rings. The highest BCUT2D eigenvalue weighted by atomic mass is 35.5. The predicted octanol–water partition coefficient (Wildman–Crippen LogP) is 6.64. The van der Waals surface area contributed by atoms with Crippen LogP contribution in [0.5, 0.6) is 0 Å². The molecule has 3 aromatic rings. The molecule has 0 atom stereocenters. The highest BCUT2D eigenvalue weighted by molar-refractivity contribution is 7.92. The normalized spacial score (nSPS) is 26.1. The molecule has 37 heavy (non-hydrogen) atoms. The van der Waals surface area contributed by atoms with Gasteiger partial charge >= 0.3 is 0 Å². The summed E-state index contributed by atoms with van der Waals surface area (Å²) in [5.41, 5.74) is 2.73. The summed E-state index contributed by atoms with van der Waals surface area (Å²) < 4.78 is 28.1. The number of halogens is 1. The first-order chi connectivity index (χ1) is 17.8. The third-order valence-corrected chi connectivity index (χ3v) is 10.6. The van der Waals surface area contributed by atoms with Crippen LogP contribution in [-0.4, -0.2) is 20.9 Å². The van der Waals surface area contributed by atoms with Crippen molar-refractivity contribution >= 4 is 38.9 Å². The Balaban J connectivity index is 1.20. The average molecular weight is 535 g/mol. The summed E-state index contributed by atoms with van der Waals surface area (Å²) in [4.78, 5) is 13.2. The standard InChI is InChI=1S/C30H31ClN2O3S/c31-25-8-12-27(13-9-25)33(37(35,36)28-4-2-1-3-5-28)20-29(34)32-26-10-6-24(7-11-26)30-17-21-14-22(18-30)16-23(15-21)19-30/h1-13,21-23H,14-20H2,(H,32,34). The summed E-state index contributed by atoms with van der Waals surface area (Å²) in [5, 5.41) is 3.40. The van der Waals surface area contributed by atoms with Crippen LogP contribution >= 0.6 is 11.6 Å². The van der Waals surface area contributed by atoms with E-state index >= 15 is 0 Å². The van der Waals surface area contributed by atoms with Gasteiger partial charge in [0.15, 0.2) is 0 Å². The number of hydrogen-bond acceptors (Lipinski definition) is 3. The number of carbonyl (C=O) groups is 1. The van der Waals surface area contributed by atoms with Crippen molar-refractivity contribution in [2.75, 3.05) is 16.2 Å². The smallest absolute Gasteiger partial charge is 0.264 e. The highest BCUT2D eigenvalue weighted by Gasteiger charge is 2.51. The second-order valence-corrected chi connectivity index (χ2v) is 13.4. The van der Waals surface area contributed by atoms with Crippen molar-refractivity contribution in [3.8, 4) is 0 Å². The fraction of sp³-hybridized carbons (Fsp3) is 0.367. The maximum absolute atomic E-state index is 13.5. The van der Waals surface area contributed by atoms with Gasteiger partial charge in [-0.1, -0.05) is 41.9 Å². The fourth-order valence-corrected chi connectivity index (χ4v) is 8.91. The van der Waals surface area contributed by atoms with Crippen LogP contribution < -0.4 is 9.62 Å². The van der Waals surface area contributed by atoms with Crippen molar-refractivity contribution in [3.05, 3.63) is 89.4 Å². The summed E-state index contributed by atoms with van der Waals surface area (Å²) in [5.74, 6) is 2.21. The van der Waals surface area contributed by atoms with E-state index in [-0.39, 0.29) is 11.4 Å². The first-order valence-electron chi connectivity index (χ1n) is 13.0. The molecule has 192 valence electrons. The Bertz CT molecular complexity index is 1350. The molecule has 7 rings (SSSR count). The Morgan fingerprint density at radius 2 is 1.41 bits per heavy atom. The molecule has 0 spiro atoms. The molecule has 4 aliphatic carbocycles. The van der Waals surface area contributed by atoms with Gasteiger partial charge in [0, 0.05) is 10.7 Å². The maximum Gasteiger partial charge on any atom is 0.264 e. The van der Waals surface area contributed by atoms with E-state index in [4.69, 9.17) is 11.6 Å². The van der Waals surface area contributed by atoms with E-state index in [2.05, 4.69) is 17.4 Å². The molecule has 1 N–H and O–H groups in total. The summed E-state index contributed by atoms with van der Waals surface area (Å²) >= 11 is 6.02. The molecule has 4 saturated carbocycles. The minimum absolute atomic E-state index is 0.123. The largest absolute Gasteiger partial charge is 0.325 e. The van der Waals surface area contributed by atoms with Crippen molar-refractivity contribution in [2.24, 2.45) is 17.8 Å². The lowest BCUT2D eigenvalue weighted by Gasteiger charge is -2.57. The molecule has 4 bridgehead atoms. The predicted molar refractivity (Wildman–Crippen MR) is 147 cm³/mol. The average Bonchev–Trinajstić information content (AvgIpc) is 2.88. The Hall–Kier alpha value is -2.83. The zero-order valence-corrected chi connectivity index (χ0v) is 22.2. The van der Waals surface area contributed by atoms with Gasteiger partial charge in [-0.15, -0.1) is 0 Å². The number of carbonyl (C=O) groups excluding carboxylic acids is 1. The fourth-order valence-electron chi connectivity index (χ4n) is 7.34. The molecule has 1 amide bonds. The van der Waals surface area contributed by atoms with Crippen LogP contribution in [0.25, 0.3) is 0 Å². The van der Waals surface area contributed by atoms with Crippen LogP contribution in [0.4, 0.5) is 11.4 Å². The van der Waals surface area contributed by atoms with E-state index in [1.165, 1.54) is 56.2 Å². The minimum Gasteiger partial charge on any atom is -0.325 e. The lowest BCUT2D eigenvalue weighted by molar-refractivity contribution is -0.114. The Morgan fingerprint density at radius 3 is 1.97 bits per heavy atom. The van der Waals surface area contributed by atoms with Gasteiger partial charge in [0.05, 0.1) is 10.6 Å². The van der Waals surface area contributed by atoms with Gasteiger partial charge < -0.3 is 5.32 Å². The highest BCUT2D eigenvalue weighted by Crippen LogP contribution is 2.60. The summed E-state index contributed by atoms with van der Waals surface area (Å²) in [7, 11) is -3.96. The summed E-state index contributed by atoms with van der Waals surface area (Å²) in [6.07, 6.45) is 8.09. The first-order valence-corrected chi connectivity index (χ1v) is 14.9. The van der Waals surface area contributed by atoms with Crippen LogP contribution in [0.2, 0.25) is 5.02 Å². The molecule has 0 heterocycles. The lowest BCUT2D eigenvalue weighted by Crippen LogP contribution is -2.48. The number of nitrogens with zero attached hydrogens (tertiary/aromatic N) is 1. The van der Waals surface area contributed by atoms with Crippen molar-refractivity contribution in [1.82, 2.24) is 0 Å². The Morgan fingerprint density at radius 1 is 0.838 bits per heavy atom. The van der Waals surface area contributed by atoms with Gasteiger partial charge in [-0.05, 0) is 116 Å². The Labute approximate surface area is 223 Å². The number of sulfonamides is 1. The van der Waals surface area contributed by atoms with Crippen LogP contribution in [0.15, 0.2) is 83.8 Å². The van der Waals surface area contributed by atoms with E-state index in [0.29, 0.717) is 21.8 Å². The van der Waals surface area contributed by atoms with Crippen molar-refractivity contribution in [2.45, 2.75) is 48.8 Å². The monoisotopic (exact) mass is 534 g/mol. The molecule has 0 radical (unpaired) electrons. The second-order valence-electron chi connectivity index (χ2n) is 11.1. The molecule has 7 heteroatoms. The molecule has 0 aromatic heterocycles. The molecule has 0 aliphatic heterocycles. The van der Waals surface area contributed by atoms with Gasteiger partial charge in [0.1, 0.15) is 6.54 Å². The number of amides is 1. The maximum atomic E-state index is 13.5. The molecular formula is C30H31ClN2O3S. The zero-order valence-electron chi connectivity index (χ0n) is 20.6. The first kappa shape index (κ1) is 24.5. The number of anilines is 2. The van der Waals surface area contributed by atoms with E-state index < -0.39 is 15.9 Å². The van der Waals surface area contributed by atoms with E-state index in [1.807, 2.05) is 12.1 Å². The topological polar surface area (TPSA) is 66.5 Å².